The van der Waals surface area contributed by atoms with Crippen molar-refractivity contribution < 1.29 is 17.9 Å². The van der Waals surface area contributed by atoms with E-state index < -0.39 is 16.1 Å². The zero-order valence-corrected chi connectivity index (χ0v) is 18.0. The number of anilines is 1. The van der Waals surface area contributed by atoms with Crippen LogP contribution in [-0.2, 0) is 14.8 Å². The standard InChI is InChI=1S/C18H30N2O4S2/c1-7-16(17(21)19-11-12-25-18(2,3)4)20(26(6,22)23)14-9-8-10-15(13-14)24-5/h8-10,13,16H,7,11-12H2,1-6H3,(H,19,21)/t16-/m0/s1. The summed E-state index contributed by atoms with van der Waals surface area (Å²) in [5.41, 5.74) is 0.415. The number of carbonyl (C=O) groups is 1. The Morgan fingerprint density at radius 1 is 1.35 bits per heavy atom. The van der Waals surface area contributed by atoms with Gasteiger partial charge in [-0.2, -0.15) is 11.8 Å². The van der Waals surface area contributed by atoms with E-state index in [1.165, 1.54) is 11.4 Å². The topological polar surface area (TPSA) is 75.7 Å². The highest BCUT2D eigenvalue weighted by molar-refractivity contribution is 8.00. The second-order valence-corrected chi connectivity index (χ2v) is 10.7. The van der Waals surface area contributed by atoms with Crippen LogP contribution in [0.15, 0.2) is 24.3 Å². The number of thioether (sulfide) groups is 1. The molecular weight excluding hydrogens is 372 g/mol. The van der Waals surface area contributed by atoms with E-state index in [0.29, 0.717) is 24.4 Å². The Morgan fingerprint density at radius 3 is 2.50 bits per heavy atom. The number of hydrogen-bond acceptors (Lipinski definition) is 5. The molecule has 8 heteroatoms. The third-order valence-electron chi connectivity index (χ3n) is 3.57. The van der Waals surface area contributed by atoms with Crippen molar-refractivity contribution in [3.63, 3.8) is 0 Å². The summed E-state index contributed by atoms with van der Waals surface area (Å²) in [6.45, 7) is 8.63. The van der Waals surface area contributed by atoms with Crippen LogP contribution in [0.25, 0.3) is 0 Å². The van der Waals surface area contributed by atoms with Crippen LogP contribution < -0.4 is 14.4 Å². The van der Waals surface area contributed by atoms with E-state index in [9.17, 15) is 13.2 Å². The maximum absolute atomic E-state index is 12.7. The van der Waals surface area contributed by atoms with E-state index in [-0.39, 0.29) is 10.7 Å². The molecule has 148 valence electrons. The van der Waals surface area contributed by atoms with E-state index in [1.54, 1.807) is 43.0 Å². The van der Waals surface area contributed by atoms with E-state index in [1.807, 2.05) is 0 Å². The van der Waals surface area contributed by atoms with Crippen LogP contribution >= 0.6 is 11.8 Å². The molecule has 0 unspecified atom stereocenters. The van der Waals surface area contributed by atoms with E-state index in [4.69, 9.17) is 4.74 Å². The summed E-state index contributed by atoms with van der Waals surface area (Å²) in [5.74, 6) is 1.01. The Hall–Kier alpha value is -1.41. The number of rotatable bonds is 9. The molecule has 0 saturated heterocycles. The Morgan fingerprint density at radius 2 is 2.00 bits per heavy atom. The number of nitrogens with one attached hydrogen (secondary N) is 1. The summed E-state index contributed by atoms with van der Waals surface area (Å²) >= 11 is 1.75. The van der Waals surface area contributed by atoms with Gasteiger partial charge in [0.25, 0.3) is 0 Å². The quantitative estimate of drug-likeness (QED) is 0.643. The fraction of sp³-hybridized carbons (Fsp3) is 0.611. The Bertz CT molecular complexity index is 699. The van der Waals surface area contributed by atoms with Crippen molar-refractivity contribution in [2.24, 2.45) is 0 Å². The van der Waals surface area contributed by atoms with Crippen LogP contribution in [0.3, 0.4) is 0 Å². The minimum Gasteiger partial charge on any atom is -0.497 e. The molecule has 1 aromatic carbocycles. The average molecular weight is 403 g/mol. The summed E-state index contributed by atoms with van der Waals surface area (Å²) in [7, 11) is -2.13. The molecule has 1 amide bonds. The van der Waals surface area contributed by atoms with Crippen molar-refractivity contribution in [2.75, 3.05) is 30.0 Å². The van der Waals surface area contributed by atoms with E-state index in [0.717, 1.165) is 12.0 Å². The molecule has 0 aliphatic carbocycles. The summed E-state index contributed by atoms with van der Waals surface area (Å²) in [4.78, 5) is 12.7. The highest BCUT2D eigenvalue weighted by atomic mass is 32.2. The predicted octanol–water partition coefficient (Wildman–Crippen LogP) is 2.89. The van der Waals surface area contributed by atoms with Gasteiger partial charge in [-0.15, -0.1) is 0 Å². The van der Waals surface area contributed by atoms with Crippen molar-refractivity contribution in [1.82, 2.24) is 5.32 Å². The fourth-order valence-corrected chi connectivity index (χ4v) is 4.48. The fourth-order valence-electron chi connectivity index (χ4n) is 2.46. The van der Waals surface area contributed by atoms with Crippen molar-refractivity contribution >= 4 is 33.4 Å². The lowest BCUT2D eigenvalue weighted by atomic mass is 10.2. The third-order valence-corrected chi connectivity index (χ3v) is 6.03. The van der Waals surface area contributed by atoms with Crippen LogP contribution in [0, 0.1) is 0 Å². The largest absolute Gasteiger partial charge is 0.497 e. The smallest absolute Gasteiger partial charge is 0.243 e. The minimum atomic E-state index is -3.64. The molecule has 0 aliphatic rings. The van der Waals surface area contributed by atoms with Crippen molar-refractivity contribution in [3.8, 4) is 5.75 Å². The number of methoxy groups -OCH3 is 1. The molecule has 0 saturated carbocycles. The average Bonchev–Trinajstić information content (AvgIpc) is 2.54. The van der Waals surface area contributed by atoms with E-state index >= 15 is 0 Å². The van der Waals surface area contributed by atoms with Gasteiger partial charge in [0.05, 0.1) is 19.1 Å². The normalized spacial score (nSPS) is 13.2. The first-order valence-corrected chi connectivity index (χ1v) is 11.4. The van der Waals surface area contributed by atoms with Gasteiger partial charge in [0.2, 0.25) is 15.9 Å². The lowest BCUT2D eigenvalue weighted by Gasteiger charge is -2.30. The van der Waals surface area contributed by atoms with Gasteiger partial charge in [0.15, 0.2) is 0 Å². The lowest BCUT2D eigenvalue weighted by molar-refractivity contribution is -0.122. The van der Waals surface area contributed by atoms with Crippen LogP contribution in [0.5, 0.6) is 5.75 Å². The van der Waals surface area contributed by atoms with Gasteiger partial charge in [-0.1, -0.05) is 33.8 Å². The van der Waals surface area contributed by atoms with Gasteiger partial charge >= 0.3 is 0 Å². The summed E-state index contributed by atoms with van der Waals surface area (Å²) in [5, 5.41) is 2.86. The van der Waals surface area contributed by atoms with Crippen LogP contribution in [0.2, 0.25) is 0 Å². The zero-order valence-electron chi connectivity index (χ0n) is 16.4. The number of amides is 1. The van der Waals surface area contributed by atoms with Crippen LogP contribution in [-0.4, -0.2) is 50.8 Å². The van der Waals surface area contributed by atoms with Gasteiger partial charge in [-0.3, -0.25) is 9.10 Å². The predicted molar refractivity (Wildman–Crippen MR) is 110 cm³/mol. The van der Waals surface area contributed by atoms with Gasteiger partial charge in [-0.25, -0.2) is 8.42 Å². The highest BCUT2D eigenvalue weighted by Crippen LogP contribution is 2.26. The monoisotopic (exact) mass is 402 g/mol. The first-order chi connectivity index (χ1) is 12.0. The Kier molecular flexibility index (Phi) is 8.27. The molecule has 1 N–H and O–H groups in total. The van der Waals surface area contributed by atoms with Gasteiger partial charge in [0.1, 0.15) is 11.8 Å². The lowest BCUT2D eigenvalue weighted by Crippen LogP contribution is -2.49. The molecule has 26 heavy (non-hydrogen) atoms. The molecule has 0 aromatic heterocycles. The highest BCUT2D eigenvalue weighted by Gasteiger charge is 2.31. The molecule has 6 nitrogen and oxygen atoms in total. The van der Waals surface area contributed by atoms with Gasteiger partial charge in [-0.05, 0) is 18.6 Å². The first kappa shape index (κ1) is 22.6. The first-order valence-electron chi connectivity index (χ1n) is 8.54. The number of benzene rings is 1. The molecule has 0 aliphatic heterocycles. The molecule has 0 spiro atoms. The van der Waals surface area contributed by atoms with Gasteiger partial charge in [0, 0.05) is 23.1 Å². The molecular formula is C18H30N2O4S2. The maximum Gasteiger partial charge on any atom is 0.243 e. The second-order valence-electron chi connectivity index (χ2n) is 6.94. The summed E-state index contributed by atoms with van der Waals surface area (Å²) in [6.07, 6.45) is 1.47. The maximum atomic E-state index is 12.7. The zero-order chi connectivity index (χ0) is 20.0. The SMILES string of the molecule is CC[C@@H](C(=O)NCCSC(C)(C)C)N(c1cccc(OC)c1)S(C)(=O)=O. The van der Waals surface area contributed by atoms with Crippen molar-refractivity contribution in [2.45, 2.75) is 44.9 Å². The molecule has 0 bridgehead atoms. The number of sulfonamides is 1. The molecule has 0 radical (unpaired) electrons. The second kappa shape index (κ2) is 9.50. The number of ether oxygens (including phenoxy) is 1. The van der Waals surface area contributed by atoms with E-state index in [2.05, 4.69) is 26.1 Å². The van der Waals surface area contributed by atoms with Crippen LogP contribution in [0.4, 0.5) is 5.69 Å². The molecule has 1 rings (SSSR count). The number of hydrogen-bond donors (Lipinski definition) is 1. The minimum absolute atomic E-state index is 0.119. The van der Waals surface area contributed by atoms with Gasteiger partial charge < -0.3 is 10.1 Å². The Balaban J connectivity index is 2.98. The van der Waals surface area contributed by atoms with Crippen molar-refractivity contribution in [3.05, 3.63) is 24.3 Å². The molecule has 0 fully saturated rings. The molecule has 0 heterocycles. The molecule has 1 aromatic rings. The number of nitrogens with zero attached hydrogens (tertiary/aromatic N) is 1. The summed E-state index contributed by atoms with van der Waals surface area (Å²) < 4.78 is 31.3. The van der Waals surface area contributed by atoms with Crippen molar-refractivity contribution in [1.29, 1.82) is 0 Å². The third kappa shape index (κ3) is 7.07. The van der Waals surface area contributed by atoms with Crippen LogP contribution in [0.1, 0.15) is 34.1 Å². The Labute approximate surface area is 161 Å². The molecule has 1 atom stereocenters. The summed E-state index contributed by atoms with van der Waals surface area (Å²) in [6, 6.07) is 5.91. The number of carbonyl (C=O) groups excluding carboxylic acids is 1.